The van der Waals surface area contributed by atoms with Crippen molar-refractivity contribution >= 4 is 45.9 Å². The molecule has 0 saturated heterocycles. The number of hydrogen-bond donors (Lipinski definition) is 1. The summed E-state index contributed by atoms with van der Waals surface area (Å²) in [6.45, 7) is 3.94. The number of anilines is 1. The lowest BCUT2D eigenvalue weighted by molar-refractivity contribution is -0.115. The molecule has 0 spiro atoms. The minimum Gasteiger partial charge on any atom is -0.300 e. The molecule has 1 aromatic carbocycles. The average molecular weight is 325 g/mol. The van der Waals surface area contributed by atoms with Gasteiger partial charge in [0.2, 0.25) is 11.0 Å². The number of nitrogens with one attached hydrogen (secondary N) is 1. The summed E-state index contributed by atoms with van der Waals surface area (Å²) in [5.74, 6) is 0.895. The molecule has 1 aromatic heterocycles. The topological polar surface area (TPSA) is 54.9 Å². The maximum Gasteiger partial charge on any atom is 0.239 e. The van der Waals surface area contributed by atoms with Gasteiger partial charge in [-0.15, -0.1) is 22.0 Å². The maximum atomic E-state index is 12.1. The van der Waals surface area contributed by atoms with Crippen molar-refractivity contribution in [2.24, 2.45) is 0 Å². The Labute approximate surface area is 130 Å². The number of rotatable bonds is 6. The van der Waals surface area contributed by atoms with Gasteiger partial charge < -0.3 is 0 Å². The molecule has 1 N–H and O–H groups in total. The number of carbonyl (C=O) groups excluding carboxylic acids is 1. The number of carbonyl (C=O) groups is 1. The van der Waals surface area contributed by atoms with Crippen LogP contribution in [0.5, 0.6) is 0 Å². The van der Waals surface area contributed by atoms with Crippen LogP contribution in [0, 0.1) is 0 Å². The van der Waals surface area contributed by atoms with Gasteiger partial charge >= 0.3 is 0 Å². The summed E-state index contributed by atoms with van der Waals surface area (Å²) in [6, 6.07) is 9.88. The fourth-order valence-electron chi connectivity index (χ4n) is 1.41. The lowest BCUT2D eigenvalue weighted by Gasteiger charge is -2.09. The number of hydrogen-bond acceptors (Lipinski definition) is 6. The fraction of sp³-hybridized carbons (Fsp3) is 0.308. The van der Waals surface area contributed by atoms with Crippen molar-refractivity contribution < 1.29 is 4.79 Å². The third-order valence-corrected chi connectivity index (χ3v) is 5.30. The average Bonchev–Trinajstić information content (AvgIpc) is 2.87. The molecule has 4 nitrogen and oxygen atoms in total. The Bertz CT molecular complexity index is 559. The van der Waals surface area contributed by atoms with Gasteiger partial charge in [-0.3, -0.25) is 10.1 Å². The highest BCUT2D eigenvalue weighted by Crippen LogP contribution is 2.27. The van der Waals surface area contributed by atoms with E-state index in [2.05, 4.69) is 22.4 Å². The molecule has 0 fully saturated rings. The SMILES string of the molecule is CCSc1nnc(NC(=O)C(C)Sc2ccccc2)s1. The minimum atomic E-state index is -0.177. The zero-order valence-electron chi connectivity index (χ0n) is 11.2. The van der Waals surface area contributed by atoms with Crippen molar-refractivity contribution in [1.29, 1.82) is 0 Å². The van der Waals surface area contributed by atoms with E-state index in [1.54, 1.807) is 11.8 Å². The predicted octanol–water partition coefficient (Wildman–Crippen LogP) is 3.77. The lowest BCUT2D eigenvalue weighted by Crippen LogP contribution is -2.22. The van der Waals surface area contributed by atoms with Gasteiger partial charge in [-0.1, -0.05) is 48.2 Å². The Morgan fingerprint density at radius 2 is 2.10 bits per heavy atom. The number of nitrogens with zero attached hydrogens (tertiary/aromatic N) is 2. The van der Waals surface area contributed by atoms with Crippen molar-refractivity contribution in [2.75, 3.05) is 11.1 Å². The van der Waals surface area contributed by atoms with Crippen LogP contribution >= 0.6 is 34.9 Å². The van der Waals surface area contributed by atoms with Gasteiger partial charge in [0.15, 0.2) is 4.34 Å². The highest BCUT2D eigenvalue weighted by Gasteiger charge is 2.16. The summed E-state index contributed by atoms with van der Waals surface area (Å²) in [4.78, 5) is 13.2. The second-order valence-electron chi connectivity index (χ2n) is 3.87. The molecule has 106 valence electrons. The Kier molecular flexibility index (Phi) is 5.87. The van der Waals surface area contributed by atoms with Gasteiger partial charge in [0.25, 0.3) is 0 Å². The summed E-state index contributed by atoms with van der Waals surface area (Å²) in [6.07, 6.45) is 0. The molecule has 2 rings (SSSR count). The summed E-state index contributed by atoms with van der Waals surface area (Å²) in [7, 11) is 0. The monoisotopic (exact) mass is 325 g/mol. The molecule has 0 aliphatic rings. The van der Waals surface area contributed by atoms with Gasteiger partial charge in [0, 0.05) is 4.90 Å². The van der Waals surface area contributed by atoms with Crippen LogP contribution in [0.25, 0.3) is 0 Å². The third kappa shape index (κ3) is 4.50. The van der Waals surface area contributed by atoms with E-state index in [9.17, 15) is 4.79 Å². The third-order valence-electron chi connectivity index (χ3n) is 2.33. The number of aromatic nitrogens is 2. The maximum absolute atomic E-state index is 12.1. The van der Waals surface area contributed by atoms with Gasteiger partial charge in [-0.2, -0.15) is 0 Å². The van der Waals surface area contributed by atoms with Crippen LogP contribution in [-0.4, -0.2) is 27.1 Å². The van der Waals surface area contributed by atoms with Crippen LogP contribution in [0.1, 0.15) is 13.8 Å². The van der Waals surface area contributed by atoms with Crippen LogP contribution in [0.15, 0.2) is 39.6 Å². The lowest BCUT2D eigenvalue weighted by atomic mass is 10.4. The van der Waals surface area contributed by atoms with Gasteiger partial charge in [0.1, 0.15) is 0 Å². The zero-order valence-corrected chi connectivity index (χ0v) is 13.6. The van der Waals surface area contributed by atoms with Gasteiger partial charge in [-0.05, 0) is 24.8 Å². The number of amides is 1. The first-order valence-electron chi connectivity index (χ1n) is 6.18. The fourth-order valence-corrected chi connectivity index (χ4v) is 3.95. The Morgan fingerprint density at radius 1 is 1.35 bits per heavy atom. The van der Waals surface area contributed by atoms with E-state index in [0.29, 0.717) is 5.13 Å². The Balaban J connectivity index is 1.90. The highest BCUT2D eigenvalue weighted by atomic mass is 32.2. The molecule has 0 saturated carbocycles. The normalized spacial score (nSPS) is 12.1. The minimum absolute atomic E-state index is 0.0527. The number of benzene rings is 1. The van der Waals surface area contributed by atoms with Crippen LogP contribution in [0.3, 0.4) is 0 Å². The summed E-state index contributed by atoms with van der Waals surface area (Å²) in [5.41, 5.74) is 0. The van der Waals surface area contributed by atoms with Gasteiger partial charge in [-0.25, -0.2) is 0 Å². The van der Waals surface area contributed by atoms with E-state index in [0.717, 1.165) is 15.0 Å². The summed E-state index contributed by atoms with van der Waals surface area (Å²) < 4.78 is 0.881. The van der Waals surface area contributed by atoms with Crippen LogP contribution in [0.4, 0.5) is 5.13 Å². The second kappa shape index (κ2) is 7.66. The first-order chi connectivity index (χ1) is 9.69. The molecule has 0 aliphatic carbocycles. The van der Waals surface area contributed by atoms with Crippen molar-refractivity contribution in [3.8, 4) is 0 Å². The molecule has 20 heavy (non-hydrogen) atoms. The van der Waals surface area contributed by atoms with Crippen LogP contribution in [-0.2, 0) is 4.79 Å². The smallest absolute Gasteiger partial charge is 0.239 e. The molecular weight excluding hydrogens is 310 g/mol. The molecule has 1 heterocycles. The first kappa shape index (κ1) is 15.3. The van der Waals surface area contributed by atoms with Crippen LogP contribution in [0.2, 0.25) is 0 Å². The molecular formula is C13H15N3OS3. The van der Waals surface area contributed by atoms with E-state index in [-0.39, 0.29) is 11.2 Å². The van der Waals surface area contributed by atoms with Crippen molar-refractivity contribution in [3.63, 3.8) is 0 Å². The second-order valence-corrected chi connectivity index (χ2v) is 7.77. The van der Waals surface area contributed by atoms with E-state index >= 15 is 0 Å². The van der Waals surface area contributed by atoms with E-state index in [4.69, 9.17) is 0 Å². The quantitative estimate of drug-likeness (QED) is 0.647. The molecule has 1 amide bonds. The van der Waals surface area contributed by atoms with E-state index in [1.165, 1.54) is 23.1 Å². The summed E-state index contributed by atoms with van der Waals surface area (Å²) in [5, 5.41) is 11.2. The van der Waals surface area contributed by atoms with E-state index in [1.807, 2.05) is 37.3 Å². The Hall–Kier alpha value is -1.05. The van der Waals surface area contributed by atoms with Crippen LogP contribution < -0.4 is 5.32 Å². The Morgan fingerprint density at radius 3 is 2.80 bits per heavy atom. The molecule has 1 atom stereocenters. The number of thioether (sulfide) groups is 2. The highest BCUT2D eigenvalue weighted by molar-refractivity contribution is 8.01. The molecule has 0 aliphatic heterocycles. The molecule has 7 heteroatoms. The molecule has 1 unspecified atom stereocenters. The molecule has 2 aromatic rings. The first-order valence-corrected chi connectivity index (χ1v) is 8.86. The standard InChI is InChI=1S/C13H15N3OS3/c1-3-18-13-16-15-12(20-13)14-11(17)9(2)19-10-7-5-4-6-8-10/h4-9H,3H2,1-2H3,(H,14,15,17). The summed E-state index contributed by atoms with van der Waals surface area (Å²) >= 11 is 4.56. The van der Waals surface area contributed by atoms with Crippen molar-refractivity contribution in [1.82, 2.24) is 10.2 Å². The van der Waals surface area contributed by atoms with Crippen molar-refractivity contribution in [3.05, 3.63) is 30.3 Å². The van der Waals surface area contributed by atoms with Crippen molar-refractivity contribution in [2.45, 2.75) is 28.3 Å². The molecule has 0 radical (unpaired) electrons. The zero-order chi connectivity index (χ0) is 14.4. The molecule has 0 bridgehead atoms. The van der Waals surface area contributed by atoms with Gasteiger partial charge in [0.05, 0.1) is 5.25 Å². The largest absolute Gasteiger partial charge is 0.300 e. The van der Waals surface area contributed by atoms with E-state index < -0.39 is 0 Å². The predicted molar refractivity (Wildman–Crippen MR) is 86.7 cm³/mol.